The molecule has 0 saturated carbocycles. The molecule has 0 bridgehead atoms. The Kier molecular flexibility index (Phi) is 5.59. The van der Waals surface area contributed by atoms with Crippen LogP contribution < -0.4 is 4.74 Å². The summed E-state index contributed by atoms with van der Waals surface area (Å²) in [7, 11) is 0. The van der Waals surface area contributed by atoms with E-state index in [2.05, 4.69) is 20.8 Å². The fourth-order valence-corrected chi connectivity index (χ4v) is 2.23. The molecule has 0 radical (unpaired) electrons. The van der Waals surface area contributed by atoms with Gasteiger partial charge in [-0.15, -0.1) is 0 Å². The minimum atomic E-state index is -0.428. The number of nitriles is 1. The highest BCUT2D eigenvalue weighted by atomic mass is 16.6. The van der Waals surface area contributed by atoms with Crippen molar-refractivity contribution in [1.29, 1.82) is 5.26 Å². The summed E-state index contributed by atoms with van der Waals surface area (Å²) in [5.41, 5.74) is 2.39. The molecule has 24 heavy (non-hydrogen) atoms. The Morgan fingerprint density at radius 1 is 1.08 bits per heavy atom. The molecule has 0 atom stereocenters. The van der Waals surface area contributed by atoms with Crippen LogP contribution in [0.15, 0.2) is 48.5 Å². The molecule has 0 amide bonds. The predicted molar refractivity (Wildman–Crippen MR) is 91.6 cm³/mol. The molecule has 0 unspecified atom stereocenters. The molecular formula is C20H21NO3. The number of hydrogen-bond donors (Lipinski definition) is 0. The molecule has 0 aliphatic rings. The molecule has 2 aromatic carbocycles. The first-order chi connectivity index (χ1) is 11.4. The summed E-state index contributed by atoms with van der Waals surface area (Å²) in [5, 5.41) is 8.75. The monoisotopic (exact) mass is 323 g/mol. The summed E-state index contributed by atoms with van der Waals surface area (Å²) >= 11 is 0. The largest absolute Gasteiger partial charge is 0.482 e. The van der Waals surface area contributed by atoms with Crippen LogP contribution in [0.5, 0.6) is 5.75 Å². The fourth-order valence-electron chi connectivity index (χ4n) is 2.23. The number of esters is 1. The quantitative estimate of drug-likeness (QED) is 0.781. The Labute approximate surface area is 142 Å². The van der Waals surface area contributed by atoms with E-state index in [1.165, 1.54) is 0 Å². The van der Waals surface area contributed by atoms with Crippen molar-refractivity contribution in [3.8, 4) is 11.8 Å². The van der Waals surface area contributed by atoms with Crippen molar-refractivity contribution >= 4 is 5.97 Å². The van der Waals surface area contributed by atoms with Crippen molar-refractivity contribution in [2.45, 2.75) is 32.8 Å². The van der Waals surface area contributed by atoms with Gasteiger partial charge in [0.05, 0.1) is 11.6 Å². The number of benzene rings is 2. The van der Waals surface area contributed by atoms with E-state index in [1.54, 1.807) is 24.3 Å². The Bertz CT molecular complexity index is 737. The van der Waals surface area contributed by atoms with Gasteiger partial charge in [-0.25, -0.2) is 4.79 Å². The van der Waals surface area contributed by atoms with Crippen LogP contribution in [0.3, 0.4) is 0 Å². The molecule has 124 valence electrons. The number of rotatable bonds is 5. The molecule has 0 aromatic heterocycles. The summed E-state index contributed by atoms with van der Waals surface area (Å²) < 4.78 is 10.8. The number of para-hydroxylation sites is 1. The van der Waals surface area contributed by atoms with Crippen LogP contribution in [0, 0.1) is 11.3 Å². The van der Waals surface area contributed by atoms with Gasteiger partial charge < -0.3 is 9.47 Å². The van der Waals surface area contributed by atoms with E-state index >= 15 is 0 Å². The second-order valence-electron chi connectivity index (χ2n) is 6.50. The standard InChI is InChI=1S/C20H21NO3/c1-20(2,3)17-6-4-5-7-18(17)23-14-19(22)24-13-16-10-8-15(12-21)9-11-16/h4-11H,13-14H2,1-3H3. The van der Waals surface area contributed by atoms with Gasteiger partial charge in [0.15, 0.2) is 6.61 Å². The maximum Gasteiger partial charge on any atom is 0.344 e. The second kappa shape index (κ2) is 7.65. The Hall–Kier alpha value is -2.80. The van der Waals surface area contributed by atoms with Crippen molar-refractivity contribution in [3.63, 3.8) is 0 Å². The average molecular weight is 323 g/mol. The topological polar surface area (TPSA) is 59.3 Å². The lowest BCUT2D eigenvalue weighted by molar-refractivity contribution is -0.147. The molecule has 0 spiro atoms. The minimum absolute atomic E-state index is 0.0665. The minimum Gasteiger partial charge on any atom is -0.482 e. The molecular weight excluding hydrogens is 302 g/mol. The number of carbonyl (C=O) groups excluding carboxylic acids is 1. The highest BCUT2D eigenvalue weighted by molar-refractivity contribution is 5.71. The molecule has 4 heteroatoms. The maximum atomic E-state index is 11.9. The first-order valence-electron chi connectivity index (χ1n) is 7.77. The molecule has 0 aliphatic carbocycles. The second-order valence-corrected chi connectivity index (χ2v) is 6.50. The van der Waals surface area contributed by atoms with Crippen LogP contribution >= 0.6 is 0 Å². The fraction of sp³-hybridized carbons (Fsp3) is 0.300. The van der Waals surface area contributed by atoms with Crippen LogP contribution in [-0.2, 0) is 21.6 Å². The third-order valence-electron chi connectivity index (χ3n) is 3.52. The van der Waals surface area contributed by atoms with Gasteiger partial charge in [-0.05, 0) is 34.7 Å². The molecule has 0 heterocycles. The SMILES string of the molecule is CC(C)(C)c1ccccc1OCC(=O)OCc1ccc(C#N)cc1. The third kappa shape index (κ3) is 4.85. The van der Waals surface area contributed by atoms with E-state index < -0.39 is 5.97 Å². The van der Waals surface area contributed by atoms with E-state index in [1.807, 2.05) is 30.3 Å². The molecule has 0 fully saturated rings. The third-order valence-corrected chi connectivity index (χ3v) is 3.52. The zero-order chi connectivity index (χ0) is 17.6. The van der Waals surface area contributed by atoms with Gasteiger partial charge in [0.1, 0.15) is 12.4 Å². The van der Waals surface area contributed by atoms with Crippen molar-refractivity contribution in [2.24, 2.45) is 0 Å². The molecule has 0 aliphatic heterocycles. The van der Waals surface area contributed by atoms with Crippen molar-refractivity contribution in [3.05, 3.63) is 65.2 Å². The van der Waals surface area contributed by atoms with E-state index in [0.29, 0.717) is 11.3 Å². The first-order valence-corrected chi connectivity index (χ1v) is 7.77. The number of carbonyl (C=O) groups is 1. The van der Waals surface area contributed by atoms with Crippen molar-refractivity contribution in [2.75, 3.05) is 6.61 Å². The lowest BCUT2D eigenvalue weighted by atomic mass is 9.86. The smallest absolute Gasteiger partial charge is 0.344 e. The number of nitrogens with zero attached hydrogens (tertiary/aromatic N) is 1. The predicted octanol–water partition coefficient (Wildman–Crippen LogP) is 3.98. The van der Waals surface area contributed by atoms with Crippen molar-refractivity contribution < 1.29 is 14.3 Å². The van der Waals surface area contributed by atoms with Crippen LogP contribution in [0.1, 0.15) is 37.5 Å². The Morgan fingerprint density at radius 2 is 1.75 bits per heavy atom. The first kappa shape index (κ1) is 17.6. The van der Waals surface area contributed by atoms with E-state index in [4.69, 9.17) is 14.7 Å². The van der Waals surface area contributed by atoms with Gasteiger partial charge in [-0.1, -0.05) is 51.1 Å². The zero-order valence-corrected chi connectivity index (χ0v) is 14.2. The van der Waals surface area contributed by atoms with E-state index in [9.17, 15) is 4.79 Å². The molecule has 4 nitrogen and oxygen atoms in total. The lowest BCUT2D eigenvalue weighted by Gasteiger charge is -2.22. The molecule has 0 saturated heterocycles. The average Bonchev–Trinajstić information content (AvgIpc) is 2.58. The number of hydrogen-bond acceptors (Lipinski definition) is 4. The summed E-state index contributed by atoms with van der Waals surface area (Å²) in [6.45, 7) is 6.31. The highest BCUT2D eigenvalue weighted by Crippen LogP contribution is 2.30. The van der Waals surface area contributed by atoms with Gasteiger partial charge in [-0.2, -0.15) is 5.26 Å². The van der Waals surface area contributed by atoms with Gasteiger partial charge in [0.25, 0.3) is 0 Å². The van der Waals surface area contributed by atoms with Crippen LogP contribution in [0.25, 0.3) is 0 Å². The Balaban J connectivity index is 1.89. The summed E-state index contributed by atoms with van der Waals surface area (Å²) in [4.78, 5) is 11.9. The lowest BCUT2D eigenvalue weighted by Crippen LogP contribution is -2.18. The summed E-state index contributed by atoms with van der Waals surface area (Å²) in [6, 6.07) is 16.7. The highest BCUT2D eigenvalue weighted by Gasteiger charge is 2.19. The maximum absolute atomic E-state index is 11.9. The van der Waals surface area contributed by atoms with E-state index in [0.717, 1.165) is 11.1 Å². The Morgan fingerprint density at radius 3 is 2.38 bits per heavy atom. The van der Waals surface area contributed by atoms with Gasteiger partial charge in [0.2, 0.25) is 0 Å². The number of ether oxygens (including phenoxy) is 2. The normalized spacial score (nSPS) is 10.8. The summed E-state index contributed by atoms with van der Waals surface area (Å²) in [5.74, 6) is 0.267. The van der Waals surface area contributed by atoms with Crippen molar-refractivity contribution in [1.82, 2.24) is 0 Å². The van der Waals surface area contributed by atoms with Crippen LogP contribution in [0.4, 0.5) is 0 Å². The van der Waals surface area contributed by atoms with Crippen LogP contribution in [-0.4, -0.2) is 12.6 Å². The van der Waals surface area contributed by atoms with Gasteiger partial charge >= 0.3 is 5.97 Å². The van der Waals surface area contributed by atoms with Gasteiger partial charge in [-0.3, -0.25) is 0 Å². The van der Waals surface area contributed by atoms with E-state index in [-0.39, 0.29) is 18.6 Å². The molecule has 0 N–H and O–H groups in total. The van der Waals surface area contributed by atoms with Crippen LogP contribution in [0.2, 0.25) is 0 Å². The van der Waals surface area contributed by atoms with Gasteiger partial charge in [0, 0.05) is 0 Å². The molecule has 2 aromatic rings. The zero-order valence-electron chi connectivity index (χ0n) is 14.2. The summed E-state index contributed by atoms with van der Waals surface area (Å²) in [6.07, 6.45) is 0. The molecule has 2 rings (SSSR count).